The Balaban J connectivity index is 1.70. The highest BCUT2D eigenvalue weighted by Crippen LogP contribution is 2.31. The Hall–Kier alpha value is -1.18. The van der Waals surface area contributed by atoms with Crippen LogP contribution in [0, 0.1) is 11.8 Å². The lowest BCUT2D eigenvalue weighted by Gasteiger charge is -2.28. The Morgan fingerprint density at radius 1 is 1.06 bits per heavy atom. The van der Waals surface area contributed by atoms with Gasteiger partial charge in [-0.3, -0.25) is 0 Å². The molecule has 18 heavy (non-hydrogen) atoms. The molecule has 2 rings (SSSR count). The third-order valence-corrected chi connectivity index (χ3v) is 3.99. The zero-order valence-corrected chi connectivity index (χ0v) is 11.3. The highest BCUT2D eigenvalue weighted by Gasteiger charge is 2.20. The average Bonchev–Trinajstić information content (AvgIpc) is 2.40. The predicted molar refractivity (Wildman–Crippen MR) is 74.0 cm³/mol. The Bertz CT molecular complexity index is 337. The summed E-state index contributed by atoms with van der Waals surface area (Å²) in [6.45, 7) is 3.10. The summed E-state index contributed by atoms with van der Waals surface area (Å²) in [6.07, 6.45) is 8.07. The molecule has 2 nitrogen and oxygen atoms in total. The van der Waals surface area contributed by atoms with Gasteiger partial charge in [-0.15, -0.1) is 0 Å². The highest BCUT2D eigenvalue weighted by molar-refractivity contribution is 5.30. The van der Waals surface area contributed by atoms with E-state index in [2.05, 4.69) is 6.92 Å². The molecule has 1 fully saturated rings. The summed E-state index contributed by atoms with van der Waals surface area (Å²) in [7, 11) is 0. The van der Waals surface area contributed by atoms with Crippen LogP contribution in [0.1, 0.15) is 45.4 Å². The van der Waals surface area contributed by atoms with E-state index in [0.29, 0.717) is 11.7 Å². The Morgan fingerprint density at radius 2 is 1.67 bits per heavy atom. The maximum absolute atomic E-state index is 9.20. The van der Waals surface area contributed by atoms with Gasteiger partial charge in [-0.2, -0.15) is 0 Å². The number of phenolic OH excluding ortho intramolecular Hbond substituents is 1. The summed E-state index contributed by atoms with van der Waals surface area (Å²) in [5, 5.41) is 9.20. The Morgan fingerprint density at radius 3 is 2.28 bits per heavy atom. The summed E-state index contributed by atoms with van der Waals surface area (Å²) < 4.78 is 5.78. The Labute approximate surface area is 110 Å². The fourth-order valence-electron chi connectivity index (χ4n) is 2.85. The van der Waals surface area contributed by atoms with Gasteiger partial charge >= 0.3 is 0 Å². The van der Waals surface area contributed by atoms with Crippen LogP contribution in [0.25, 0.3) is 0 Å². The van der Waals surface area contributed by atoms with E-state index in [1.807, 2.05) is 12.1 Å². The normalized spacial score (nSPS) is 23.8. The van der Waals surface area contributed by atoms with Gasteiger partial charge in [0.15, 0.2) is 0 Å². The van der Waals surface area contributed by atoms with Gasteiger partial charge in [0.05, 0.1) is 6.61 Å². The minimum atomic E-state index is 0.294. The summed E-state index contributed by atoms with van der Waals surface area (Å²) in [5.41, 5.74) is 0. The molecular weight excluding hydrogens is 224 g/mol. The molecule has 1 N–H and O–H groups in total. The van der Waals surface area contributed by atoms with Crippen molar-refractivity contribution in [3.8, 4) is 11.5 Å². The lowest BCUT2D eigenvalue weighted by molar-refractivity contribution is 0.178. The Kier molecular flexibility index (Phi) is 4.91. The van der Waals surface area contributed by atoms with Gasteiger partial charge in [-0.05, 0) is 48.9 Å². The smallest absolute Gasteiger partial charge is 0.119 e. The molecule has 1 aromatic rings. The van der Waals surface area contributed by atoms with Crippen molar-refractivity contribution >= 4 is 0 Å². The number of aromatic hydroxyl groups is 1. The van der Waals surface area contributed by atoms with Gasteiger partial charge in [0.25, 0.3) is 0 Å². The van der Waals surface area contributed by atoms with Gasteiger partial charge in [0, 0.05) is 0 Å². The average molecular weight is 248 g/mol. The van der Waals surface area contributed by atoms with Crippen molar-refractivity contribution in [2.45, 2.75) is 45.4 Å². The zero-order valence-electron chi connectivity index (χ0n) is 11.3. The van der Waals surface area contributed by atoms with Crippen LogP contribution in [0.4, 0.5) is 0 Å². The zero-order chi connectivity index (χ0) is 12.8. The first-order valence-electron chi connectivity index (χ1n) is 7.19. The van der Waals surface area contributed by atoms with E-state index >= 15 is 0 Å². The van der Waals surface area contributed by atoms with E-state index in [-0.39, 0.29) is 0 Å². The molecule has 0 heterocycles. The number of phenols is 1. The van der Waals surface area contributed by atoms with Crippen molar-refractivity contribution in [1.82, 2.24) is 0 Å². The summed E-state index contributed by atoms with van der Waals surface area (Å²) in [5.74, 6) is 2.83. The van der Waals surface area contributed by atoms with Crippen molar-refractivity contribution in [3.05, 3.63) is 24.3 Å². The molecule has 0 bridgehead atoms. The fraction of sp³-hybridized carbons (Fsp3) is 0.625. The summed E-state index contributed by atoms with van der Waals surface area (Å²) >= 11 is 0. The first kappa shape index (κ1) is 13.3. The minimum absolute atomic E-state index is 0.294. The maximum atomic E-state index is 9.20. The molecule has 1 aliphatic rings. The second kappa shape index (κ2) is 6.67. The first-order valence-corrected chi connectivity index (χ1v) is 7.19. The first-order chi connectivity index (χ1) is 8.78. The van der Waals surface area contributed by atoms with Crippen LogP contribution in [-0.2, 0) is 0 Å². The van der Waals surface area contributed by atoms with E-state index in [9.17, 15) is 5.11 Å². The molecule has 2 heteroatoms. The number of benzene rings is 1. The number of ether oxygens (including phenoxy) is 1. The van der Waals surface area contributed by atoms with Crippen molar-refractivity contribution in [2.75, 3.05) is 6.61 Å². The van der Waals surface area contributed by atoms with E-state index < -0.39 is 0 Å². The predicted octanol–water partition coefficient (Wildman–Crippen LogP) is 4.38. The molecule has 100 valence electrons. The van der Waals surface area contributed by atoms with E-state index in [4.69, 9.17) is 4.74 Å². The summed E-state index contributed by atoms with van der Waals surface area (Å²) in [6, 6.07) is 7.01. The molecule has 0 aliphatic heterocycles. The molecule has 0 aromatic heterocycles. The fourth-order valence-corrected chi connectivity index (χ4v) is 2.85. The van der Waals surface area contributed by atoms with Crippen LogP contribution in [0.15, 0.2) is 24.3 Å². The number of hydrogen-bond donors (Lipinski definition) is 1. The van der Waals surface area contributed by atoms with Crippen LogP contribution in [0.5, 0.6) is 11.5 Å². The van der Waals surface area contributed by atoms with Crippen LogP contribution >= 0.6 is 0 Å². The summed E-state index contributed by atoms with van der Waals surface area (Å²) in [4.78, 5) is 0. The standard InChI is InChI=1S/C16H24O2/c1-2-3-13-4-6-14(7-5-13)12-18-16-10-8-15(17)9-11-16/h8-11,13-14,17H,2-7,12H2,1H3. The van der Waals surface area contributed by atoms with Crippen LogP contribution in [0.2, 0.25) is 0 Å². The van der Waals surface area contributed by atoms with Gasteiger partial charge in [-0.1, -0.05) is 32.6 Å². The topological polar surface area (TPSA) is 29.5 Å². The van der Waals surface area contributed by atoms with Gasteiger partial charge in [-0.25, -0.2) is 0 Å². The van der Waals surface area contributed by atoms with Gasteiger partial charge < -0.3 is 9.84 Å². The molecule has 1 aliphatic carbocycles. The van der Waals surface area contributed by atoms with Crippen molar-refractivity contribution in [2.24, 2.45) is 11.8 Å². The van der Waals surface area contributed by atoms with E-state index in [0.717, 1.165) is 18.3 Å². The molecule has 0 radical (unpaired) electrons. The quantitative estimate of drug-likeness (QED) is 0.838. The molecule has 1 aromatic carbocycles. The second-order valence-corrected chi connectivity index (χ2v) is 5.48. The van der Waals surface area contributed by atoms with Gasteiger partial charge in [0.2, 0.25) is 0 Å². The van der Waals surface area contributed by atoms with Gasteiger partial charge in [0.1, 0.15) is 11.5 Å². The maximum Gasteiger partial charge on any atom is 0.119 e. The molecule has 0 amide bonds. The third-order valence-electron chi connectivity index (χ3n) is 3.99. The van der Waals surface area contributed by atoms with Crippen molar-refractivity contribution in [1.29, 1.82) is 0 Å². The van der Waals surface area contributed by atoms with E-state index in [1.165, 1.54) is 38.5 Å². The largest absolute Gasteiger partial charge is 0.508 e. The highest BCUT2D eigenvalue weighted by atomic mass is 16.5. The third kappa shape index (κ3) is 3.94. The SMILES string of the molecule is CCCC1CCC(COc2ccc(O)cc2)CC1. The number of rotatable bonds is 5. The second-order valence-electron chi connectivity index (χ2n) is 5.48. The molecule has 0 atom stereocenters. The molecule has 1 saturated carbocycles. The lowest BCUT2D eigenvalue weighted by atomic mass is 9.80. The number of hydrogen-bond acceptors (Lipinski definition) is 2. The van der Waals surface area contributed by atoms with Crippen molar-refractivity contribution in [3.63, 3.8) is 0 Å². The van der Waals surface area contributed by atoms with E-state index in [1.54, 1.807) is 12.1 Å². The molecule has 0 saturated heterocycles. The molecule has 0 spiro atoms. The lowest BCUT2D eigenvalue weighted by Crippen LogP contribution is -2.20. The molecule has 0 unspecified atom stereocenters. The molecular formula is C16H24O2. The minimum Gasteiger partial charge on any atom is -0.508 e. The van der Waals surface area contributed by atoms with Crippen LogP contribution in [-0.4, -0.2) is 11.7 Å². The monoisotopic (exact) mass is 248 g/mol. The van der Waals surface area contributed by atoms with Crippen LogP contribution in [0.3, 0.4) is 0 Å². The van der Waals surface area contributed by atoms with Crippen LogP contribution < -0.4 is 4.74 Å². The van der Waals surface area contributed by atoms with Crippen molar-refractivity contribution < 1.29 is 9.84 Å².